The zero-order valence-electron chi connectivity index (χ0n) is 14.6. The summed E-state index contributed by atoms with van der Waals surface area (Å²) in [6.45, 7) is 5.29. The van der Waals surface area contributed by atoms with Gasteiger partial charge in [0.05, 0.1) is 17.7 Å². The Bertz CT molecular complexity index is 834. The van der Waals surface area contributed by atoms with Crippen LogP contribution in [-0.4, -0.2) is 40.8 Å². The van der Waals surface area contributed by atoms with Crippen molar-refractivity contribution in [2.24, 2.45) is 0 Å². The summed E-state index contributed by atoms with van der Waals surface area (Å²) < 4.78 is 6.93. The van der Waals surface area contributed by atoms with Crippen LogP contribution in [0, 0.1) is 0 Å². The van der Waals surface area contributed by atoms with Gasteiger partial charge in [-0.25, -0.2) is 4.68 Å². The second kappa shape index (κ2) is 7.53. The van der Waals surface area contributed by atoms with E-state index in [1.807, 2.05) is 61.7 Å². The molecule has 0 bridgehead atoms. The summed E-state index contributed by atoms with van der Waals surface area (Å²) in [6, 6.07) is 13.4. The lowest BCUT2D eigenvalue weighted by Crippen LogP contribution is -2.32. The maximum Gasteiger partial charge on any atom is 0.272 e. The van der Waals surface area contributed by atoms with Gasteiger partial charge in [0, 0.05) is 13.1 Å². The molecule has 6 heteroatoms. The maximum atomic E-state index is 13.0. The largest absolute Gasteiger partial charge is 0.497 e. The number of thiophene rings is 1. The summed E-state index contributed by atoms with van der Waals surface area (Å²) in [4.78, 5) is 15.8. The van der Waals surface area contributed by atoms with E-state index < -0.39 is 0 Å². The van der Waals surface area contributed by atoms with Crippen molar-refractivity contribution < 1.29 is 9.53 Å². The molecule has 0 aliphatic rings. The van der Waals surface area contributed by atoms with Crippen LogP contribution in [0.2, 0.25) is 0 Å². The first kappa shape index (κ1) is 17.2. The molecule has 1 amide bonds. The summed E-state index contributed by atoms with van der Waals surface area (Å²) in [5, 5.41) is 6.70. The molecule has 1 aromatic carbocycles. The van der Waals surface area contributed by atoms with Crippen molar-refractivity contribution in [2.75, 3.05) is 20.2 Å². The number of carbonyl (C=O) groups is 1. The molecule has 2 aromatic heterocycles. The van der Waals surface area contributed by atoms with E-state index >= 15 is 0 Å². The van der Waals surface area contributed by atoms with Crippen molar-refractivity contribution >= 4 is 17.2 Å². The second-order valence-electron chi connectivity index (χ2n) is 5.48. The molecule has 0 saturated carbocycles. The fourth-order valence-electron chi connectivity index (χ4n) is 2.67. The monoisotopic (exact) mass is 355 g/mol. The average Bonchev–Trinajstić information content (AvgIpc) is 3.32. The van der Waals surface area contributed by atoms with Crippen molar-refractivity contribution in [3.05, 3.63) is 53.5 Å². The highest BCUT2D eigenvalue weighted by atomic mass is 32.1. The fourth-order valence-corrected chi connectivity index (χ4v) is 3.35. The second-order valence-corrected chi connectivity index (χ2v) is 6.43. The minimum Gasteiger partial charge on any atom is -0.497 e. The van der Waals surface area contributed by atoms with Crippen molar-refractivity contribution in [2.45, 2.75) is 13.8 Å². The summed E-state index contributed by atoms with van der Waals surface area (Å²) in [6.07, 6.45) is 0. The van der Waals surface area contributed by atoms with Gasteiger partial charge in [-0.05, 0) is 55.6 Å². The van der Waals surface area contributed by atoms with Gasteiger partial charge in [0.1, 0.15) is 17.1 Å². The predicted molar refractivity (Wildman–Crippen MR) is 101 cm³/mol. The third kappa shape index (κ3) is 3.44. The molecule has 3 rings (SSSR count). The van der Waals surface area contributed by atoms with Crippen molar-refractivity contribution in [3.63, 3.8) is 0 Å². The SMILES string of the molecule is CCN(CC)C(=O)c1cc(-c2cccs2)nn1-c1ccc(OC)cc1. The Morgan fingerprint density at radius 2 is 1.92 bits per heavy atom. The average molecular weight is 355 g/mol. The van der Waals surface area contributed by atoms with Crippen molar-refractivity contribution in [1.29, 1.82) is 0 Å². The van der Waals surface area contributed by atoms with Crippen LogP contribution < -0.4 is 4.74 Å². The topological polar surface area (TPSA) is 47.4 Å². The van der Waals surface area contributed by atoms with Gasteiger partial charge >= 0.3 is 0 Å². The van der Waals surface area contributed by atoms with Crippen LogP contribution in [0.5, 0.6) is 5.75 Å². The Morgan fingerprint density at radius 1 is 1.20 bits per heavy atom. The highest BCUT2D eigenvalue weighted by molar-refractivity contribution is 7.13. The lowest BCUT2D eigenvalue weighted by Gasteiger charge is -2.19. The quantitative estimate of drug-likeness (QED) is 0.669. The predicted octanol–water partition coefficient (Wildman–Crippen LogP) is 4.09. The summed E-state index contributed by atoms with van der Waals surface area (Å²) in [7, 11) is 1.63. The van der Waals surface area contributed by atoms with Gasteiger partial charge in [0.25, 0.3) is 5.91 Å². The lowest BCUT2D eigenvalue weighted by molar-refractivity contribution is 0.0764. The Morgan fingerprint density at radius 3 is 2.48 bits per heavy atom. The summed E-state index contributed by atoms with van der Waals surface area (Å²) in [5.41, 5.74) is 2.21. The molecule has 3 aromatic rings. The van der Waals surface area contributed by atoms with Gasteiger partial charge in [0.15, 0.2) is 0 Å². The lowest BCUT2D eigenvalue weighted by atomic mass is 10.2. The first-order chi connectivity index (χ1) is 12.2. The minimum absolute atomic E-state index is 0.0175. The third-order valence-corrected chi connectivity index (χ3v) is 4.96. The number of carbonyl (C=O) groups excluding carboxylic acids is 1. The van der Waals surface area contributed by atoms with Crippen LogP contribution in [0.25, 0.3) is 16.3 Å². The molecule has 0 atom stereocenters. The van der Waals surface area contributed by atoms with Gasteiger partial charge < -0.3 is 9.64 Å². The fraction of sp³-hybridized carbons (Fsp3) is 0.263. The Balaban J connectivity index is 2.09. The number of amides is 1. The van der Waals surface area contributed by atoms with Gasteiger partial charge in [0.2, 0.25) is 0 Å². The number of benzene rings is 1. The number of aromatic nitrogens is 2. The van der Waals surface area contributed by atoms with Gasteiger partial charge in [-0.1, -0.05) is 6.07 Å². The molecule has 5 nitrogen and oxygen atoms in total. The van der Waals surface area contributed by atoms with Crippen molar-refractivity contribution in [3.8, 4) is 22.0 Å². The molecule has 0 saturated heterocycles. The van der Waals surface area contributed by atoms with E-state index in [0.717, 1.165) is 22.0 Å². The molecule has 0 fully saturated rings. The highest BCUT2D eigenvalue weighted by Crippen LogP contribution is 2.27. The zero-order chi connectivity index (χ0) is 17.8. The zero-order valence-corrected chi connectivity index (χ0v) is 15.4. The molecule has 0 aliphatic carbocycles. The number of hydrogen-bond acceptors (Lipinski definition) is 4. The molecule has 0 aliphatic heterocycles. The smallest absolute Gasteiger partial charge is 0.272 e. The molecule has 130 valence electrons. The number of methoxy groups -OCH3 is 1. The van der Waals surface area contributed by atoms with Crippen molar-refractivity contribution in [1.82, 2.24) is 14.7 Å². The van der Waals surface area contributed by atoms with E-state index in [9.17, 15) is 4.79 Å². The van der Waals surface area contributed by atoms with E-state index in [1.165, 1.54) is 0 Å². The van der Waals surface area contributed by atoms with Crippen LogP contribution in [0.1, 0.15) is 24.3 Å². The molecule has 0 N–H and O–H groups in total. The number of ether oxygens (including phenoxy) is 1. The molecule has 0 radical (unpaired) electrons. The van der Waals surface area contributed by atoms with Crippen LogP contribution >= 0.6 is 11.3 Å². The standard InChI is InChI=1S/C19H21N3O2S/c1-4-21(5-2)19(23)17-13-16(18-7-6-12-25-18)20-22(17)14-8-10-15(24-3)11-9-14/h6-13H,4-5H2,1-3H3. The Labute approximate surface area is 151 Å². The number of rotatable bonds is 6. The van der Waals surface area contributed by atoms with Gasteiger partial charge in [-0.3, -0.25) is 4.79 Å². The Kier molecular flexibility index (Phi) is 5.19. The normalized spacial score (nSPS) is 10.7. The third-order valence-electron chi connectivity index (χ3n) is 4.07. The highest BCUT2D eigenvalue weighted by Gasteiger charge is 2.21. The van der Waals surface area contributed by atoms with E-state index in [2.05, 4.69) is 5.10 Å². The molecule has 2 heterocycles. The first-order valence-electron chi connectivity index (χ1n) is 8.25. The minimum atomic E-state index is -0.0175. The molecule has 25 heavy (non-hydrogen) atoms. The summed E-state index contributed by atoms with van der Waals surface area (Å²) >= 11 is 1.61. The van der Waals surface area contributed by atoms with Crippen LogP contribution in [0.3, 0.4) is 0 Å². The number of nitrogens with zero attached hydrogens (tertiary/aromatic N) is 3. The Hall–Kier alpha value is -2.60. The van der Waals surface area contributed by atoms with E-state index in [-0.39, 0.29) is 5.91 Å². The first-order valence-corrected chi connectivity index (χ1v) is 9.13. The van der Waals surface area contributed by atoms with E-state index in [0.29, 0.717) is 18.8 Å². The summed E-state index contributed by atoms with van der Waals surface area (Å²) in [5.74, 6) is 0.752. The van der Waals surface area contributed by atoms with E-state index in [4.69, 9.17) is 4.74 Å². The van der Waals surface area contributed by atoms with Crippen LogP contribution in [0.15, 0.2) is 47.8 Å². The molecular weight excluding hydrogens is 334 g/mol. The van der Waals surface area contributed by atoms with Gasteiger partial charge in [-0.15, -0.1) is 11.3 Å². The number of hydrogen-bond donors (Lipinski definition) is 0. The molecular formula is C19H21N3O2S. The van der Waals surface area contributed by atoms with E-state index in [1.54, 1.807) is 28.0 Å². The molecule has 0 unspecified atom stereocenters. The maximum absolute atomic E-state index is 13.0. The van der Waals surface area contributed by atoms with Gasteiger partial charge in [-0.2, -0.15) is 5.10 Å². The molecule has 0 spiro atoms. The van der Waals surface area contributed by atoms with Crippen LogP contribution in [-0.2, 0) is 0 Å². The van der Waals surface area contributed by atoms with Crippen LogP contribution in [0.4, 0.5) is 0 Å².